The number of carbonyl (C=O) groups excluding carboxylic acids is 1. The van der Waals surface area contributed by atoms with Crippen LogP contribution in [-0.2, 0) is 14.8 Å². The van der Waals surface area contributed by atoms with Gasteiger partial charge in [0, 0.05) is 19.6 Å². The summed E-state index contributed by atoms with van der Waals surface area (Å²) in [6.45, 7) is 7.50. The van der Waals surface area contributed by atoms with E-state index in [-0.39, 0.29) is 29.6 Å². The van der Waals surface area contributed by atoms with Crippen LogP contribution in [0.5, 0.6) is 0 Å². The molecular formula is C13H28ClN3O3S. The molecule has 1 heterocycles. The van der Waals surface area contributed by atoms with Gasteiger partial charge in [0.2, 0.25) is 15.9 Å². The Bertz CT molecular complexity index is 448. The van der Waals surface area contributed by atoms with Crippen molar-refractivity contribution < 1.29 is 13.2 Å². The second-order valence-corrected chi connectivity index (χ2v) is 8.59. The maximum Gasteiger partial charge on any atom is 0.240 e. The van der Waals surface area contributed by atoms with Gasteiger partial charge in [-0.2, -0.15) is 0 Å². The van der Waals surface area contributed by atoms with Crippen LogP contribution in [0.4, 0.5) is 0 Å². The van der Waals surface area contributed by atoms with Crippen LogP contribution in [0, 0.1) is 11.3 Å². The van der Waals surface area contributed by atoms with Gasteiger partial charge < -0.3 is 10.6 Å². The summed E-state index contributed by atoms with van der Waals surface area (Å²) >= 11 is 0. The van der Waals surface area contributed by atoms with Gasteiger partial charge >= 0.3 is 0 Å². The van der Waals surface area contributed by atoms with Crippen molar-refractivity contribution >= 4 is 28.3 Å². The number of sulfonamides is 1. The van der Waals surface area contributed by atoms with E-state index < -0.39 is 16.1 Å². The van der Waals surface area contributed by atoms with Crippen molar-refractivity contribution in [3.63, 3.8) is 0 Å². The standard InChI is InChI=1S/C13H27N3O3S.ClH/c1-13(2,3)11(14)12(17)16-7-5-6-10(9-16)8-15-20(4,18)19;/h10-11,15H,5-9,14H2,1-4H3;1H/t10?,11-;/m1./s1. The van der Waals surface area contributed by atoms with E-state index in [9.17, 15) is 13.2 Å². The number of halogens is 1. The Kier molecular flexibility index (Phi) is 7.62. The Balaban J connectivity index is 0.00000400. The summed E-state index contributed by atoms with van der Waals surface area (Å²) in [5.74, 6) is 0.121. The molecule has 0 bridgehead atoms. The minimum Gasteiger partial charge on any atom is -0.341 e. The molecule has 1 aliphatic heterocycles. The van der Waals surface area contributed by atoms with Gasteiger partial charge in [-0.3, -0.25) is 4.79 Å². The van der Waals surface area contributed by atoms with Gasteiger partial charge in [0.05, 0.1) is 12.3 Å². The van der Waals surface area contributed by atoms with E-state index in [1.165, 1.54) is 0 Å². The van der Waals surface area contributed by atoms with Gasteiger partial charge in [-0.05, 0) is 24.2 Å². The number of nitrogens with zero attached hydrogens (tertiary/aromatic N) is 1. The highest BCUT2D eigenvalue weighted by molar-refractivity contribution is 7.88. The molecule has 1 fully saturated rings. The van der Waals surface area contributed by atoms with Gasteiger partial charge in [-0.1, -0.05) is 20.8 Å². The highest BCUT2D eigenvalue weighted by atomic mass is 35.5. The smallest absolute Gasteiger partial charge is 0.240 e. The monoisotopic (exact) mass is 341 g/mol. The molecule has 1 saturated heterocycles. The first-order valence-electron chi connectivity index (χ1n) is 6.99. The van der Waals surface area contributed by atoms with Crippen molar-refractivity contribution in [2.24, 2.45) is 17.1 Å². The summed E-state index contributed by atoms with van der Waals surface area (Å²) < 4.78 is 24.7. The minimum absolute atomic E-state index is 0. The van der Waals surface area contributed by atoms with Crippen molar-refractivity contribution in [2.75, 3.05) is 25.9 Å². The number of likely N-dealkylation sites (tertiary alicyclic amines) is 1. The molecule has 0 spiro atoms. The average Bonchev–Trinajstić information content (AvgIpc) is 2.33. The molecule has 1 aliphatic rings. The molecule has 1 rings (SSSR count). The van der Waals surface area contributed by atoms with E-state index in [2.05, 4.69) is 4.72 Å². The Morgan fingerprint density at radius 1 is 1.43 bits per heavy atom. The first-order valence-corrected chi connectivity index (χ1v) is 8.89. The predicted octanol–water partition coefficient (Wildman–Crippen LogP) is 0.569. The first-order chi connectivity index (χ1) is 9.00. The SMILES string of the molecule is CC(C)(C)[C@H](N)C(=O)N1CCCC(CNS(C)(=O)=O)C1.Cl. The van der Waals surface area contributed by atoms with Crippen LogP contribution >= 0.6 is 12.4 Å². The lowest BCUT2D eigenvalue weighted by atomic mass is 9.86. The molecule has 0 aromatic rings. The van der Waals surface area contributed by atoms with E-state index >= 15 is 0 Å². The Hall–Kier alpha value is -0.370. The zero-order valence-corrected chi connectivity index (χ0v) is 14.9. The van der Waals surface area contributed by atoms with Crippen molar-refractivity contribution in [2.45, 2.75) is 39.7 Å². The van der Waals surface area contributed by atoms with E-state index in [1.807, 2.05) is 20.8 Å². The van der Waals surface area contributed by atoms with Crippen LogP contribution in [0.2, 0.25) is 0 Å². The number of hydrogen-bond donors (Lipinski definition) is 2. The van der Waals surface area contributed by atoms with Crippen LogP contribution in [0.15, 0.2) is 0 Å². The number of rotatable bonds is 4. The molecule has 6 nitrogen and oxygen atoms in total. The minimum atomic E-state index is -3.18. The molecule has 3 N–H and O–H groups in total. The molecule has 2 atom stereocenters. The number of nitrogens with one attached hydrogen (secondary N) is 1. The molecule has 1 amide bonds. The fraction of sp³-hybridized carbons (Fsp3) is 0.923. The third-order valence-corrected chi connectivity index (χ3v) is 4.35. The maximum absolute atomic E-state index is 12.4. The number of carbonyl (C=O) groups is 1. The molecule has 0 aromatic carbocycles. The number of amides is 1. The van der Waals surface area contributed by atoms with E-state index in [1.54, 1.807) is 4.90 Å². The van der Waals surface area contributed by atoms with E-state index in [0.717, 1.165) is 19.1 Å². The molecule has 0 aliphatic carbocycles. The highest BCUT2D eigenvalue weighted by Gasteiger charge is 2.33. The van der Waals surface area contributed by atoms with Crippen molar-refractivity contribution in [3.05, 3.63) is 0 Å². The lowest BCUT2D eigenvalue weighted by Gasteiger charge is -2.37. The first kappa shape index (κ1) is 20.6. The van der Waals surface area contributed by atoms with Gasteiger partial charge in [0.15, 0.2) is 0 Å². The summed E-state index contributed by atoms with van der Waals surface area (Å²) in [7, 11) is -3.18. The molecule has 126 valence electrons. The van der Waals surface area contributed by atoms with E-state index in [0.29, 0.717) is 19.6 Å². The van der Waals surface area contributed by atoms with Crippen LogP contribution in [0.1, 0.15) is 33.6 Å². The summed E-state index contributed by atoms with van der Waals surface area (Å²) in [5.41, 5.74) is 5.74. The van der Waals surface area contributed by atoms with Crippen molar-refractivity contribution in [1.82, 2.24) is 9.62 Å². The third kappa shape index (κ3) is 6.95. The van der Waals surface area contributed by atoms with Gasteiger partial charge in [0.25, 0.3) is 0 Å². The normalized spacial score (nSPS) is 21.6. The molecule has 21 heavy (non-hydrogen) atoms. The summed E-state index contributed by atoms with van der Waals surface area (Å²) in [4.78, 5) is 14.1. The van der Waals surface area contributed by atoms with Crippen LogP contribution in [0.25, 0.3) is 0 Å². The Morgan fingerprint density at radius 3 is 2.48 bits per heavy atom. The Morgan fingerprint density at radius 2 is 2.00 bits per heavy atom. The van der Waals surface area contributed by atoms with Crippen molar-refractivity contribution in [1.29, 1.82) is 0 Å². The zero-order valence-electron chi connectivity index (χ0n) is 13.3. The molecule has 1 unspecified atom stereocenters. The summed E-state index contributed by atoms with van der Waals surface area (Å²) in [6, 6.07) is -0.524. The lowest BCUT2D eigenvalue weighted by molar-refractivity contribution is -0.136. The topological polar surface area (TPSA) is 92.5 Å². The molecule has 8 heteroatoms. The molecular weight excluding hydrogens is 314 g/mol. The second-order valence-electron chi connectivity index (χ2n) is 6.76. The molecule has 0 aromatic heterocycles. The quantitative estimate of drug-likeness (QED) is 0.781. The number of nitrogens with two attached hydrogens (primary N) is 1. The van der Waals surface area contributed by atoms with Gasteiger partial charge in [-0.15, -0.1) is 12.4 Å². The second kappa shape index (κ2) is 7.76. The zero-order chi connectivity index (χ0) is 15.6. The average molecular weight is 342 g/mol. The van der Waals surface area contributed by atoms with Crippen LogP contribution in [-0.4, -0.2) is 51.2 Å². The fourth-order valence-corrected chi connectivity index (χ4v) is 2.81. The van der Waals surface area contributed by atoms with Crippen LogP contribution < -0.4 is 10.5 Å². The third-order valence-electron chi connectivity index (χ3n) is 3.66. The largest absolute Gasteiger partial charge is 0.341 e. The Labute approximate surface area is 134 Å². The maximum atomic E-state index is 12.4. The van der Waals surface area contributed by atoms with Crippen molar-refractivity contribution in [3.8, 4) is 0 Å². The fourth-order valence-electron chi connectivity index (χ4n) is 2.27. The molecule has 0 radical (unpaired) electrons. The van der Waals surface area contributed by atoms with Crippen LogP contribution in [0.3, 0.4) is 0 Å². The van der Waals surface area contributed by atoms with Gasteiger partial charge in [-0.25, -0.2) is 13.1 Å². The number of hydrogen-bond acceptors (Lipinski definition) is 4. The van der Waals surface area contributed by atoms with Gasteiger partial charge in [0.1, 0.15) is 0 Å². The molecule has 0 saturated carbocycles. The predicted molar refractivity (Wildman–Crippen MR) is 86.8 cm³/mol. The highest BCUT2D eigenvalue weighted by Crippen LogP contribution is 2.22. The summed E-state index contributed by atoms with van der Waals surface area (Å²) in [6.07, 6.45) is 2.96. The lowest BCUT2D eigenvalue weighted by Crippen LogP contribution is -2.53. The number of piperidine rings is 1. The van der Waals surface area contributed by atoms with E-state index in [4.69, 9.17) is 5.73 Å². The summed E-state index contributed by atoms with van der Waals surface area (Å²) in [5, 5.41) is 0.